The summed E-state index contributed by atoms with van der Waals surface area (Å²) >= 11 is 1.60. The summed E-state index contributed by atoms with van der Waals surface area (Å²) in [5.41, 5.74) is 10.7. The zero-order valence-electron chi connectivity index (χ0n) is 12.3. The molecule has 0 aromatic heterocycles. The standard InChI is InChI=1S/C17H20N2OS/c1-12-5-3-7-14(9-12)10-21-11-16(20)19-17-13(2)6-4-8-15(17)18/h3-9H,10-11,18H2,1-2H3,(H,19,20). The number of thioether (sulfide) groups is 1. The SMILES string of the molecule is Cc1cccc(CSCC(=O)Nc2c(C)cccc2N)c1. The quantitative estimate of drug-likeness (QED) is 0.827. The smallest absolute Gasteiger partial charge is 0.234 e. The molecule has 2 aromatic rings. The number of anilines is 2. The minimum Gasteiger partial charge on any atom is -0.397 e. The minimum atomic E-state index is -0.0198. The molecular weight excluding hydrogens is 280 g/mol. The van der Waals surface area contributed by atoms with Gasteiger partial charge in [-0.05, 0) is 31.0 Å². The number of amides is 1. The molecule has 0 bridgehead atoms. The summed E-state index contributed by atoms with van der Waals surface area (Å²) in [7, 11) is 0. The van der Waals surface area contributed by atoms with Crippen LogP contribution < -0.4 is 11.1 Å². The lowest BCUT2D eigenvalue weighted by molar-refractivity contribution is -0.113. The highest BCUT2D eigenvalue weighted by atomic mass is 32.2. The van der Waals surface area contributed by atoms with E-state index in [1.54, 1.807) is 17.8 Å². The first-order valence-electron chi connectivity index (χ1n) is 6.84. The van der Waals surface area contributed by atoms with Crippen molar-refractivity contribution in [2.75, 3.05) is 16.8 Å². The van der Waals surface area contributed by atoms with Crippen LogP contribution in [0.4, 0.5) is 11.4 Å². The molecule has 2 rings (SSSR count). The summed E-state index contributed by atoms with van der Waals surface area (Å²) in [5, 5.41) is 2.89. The monoisotopic (exact) mass is 300 g/mol. The van der Waals surface area contributed by atoms with Crippen molar-refractivity contribution in [1.82, 2.24) is 0 Å². The fourth-order valence-electron chi connectivity index (χ4n) is 2.10. The Bertz CT molecular complexity index is 620. The third kappa shape index (κ3) is 4.53. The van der Waals surface area contributed by atoms with Crippen molar-refractivity contribution in [3.8, 4) is 0 Å². The number of carbonyl (C=O) groups is 1. The zero-order chi connectivity index (χ0) is 15.2. The van der Waals surface area contributed by atoms with E-state index in [9.17, 15) is 4.79 Å². The van der Waals surface area contributed by atoms with E-state index in [-0.39, 0.29) is 5.91 Å². The molecule has 0 aliphatic rings. The van der Waals surface area contributed by atoms with E-state index in [2.05, 4.69) is 30.4 Å². The summed E-state index contributed by atoms with van der Waals surface area (Å²) in [6.07, 6.45) is 0. The van der Waals surface area contributed by atoms with Gasteiger partial charge in [-0.25, -0.2) is 0 Å². The molecule has 0 fully saturated rings. The summed E-state index contributed by atoms with van der Waals surface area (Å²) in [5.74, 6) is 1.23. The third-order valence-corrected chi connectivity index (χ3v) is 4.16. The van der Waals surface area contributed by atoms with Gasteiger partial charge in [0.25, 0.3) is 0 Å². The maximum atomic E-state index is 12.0. The lowest BCUT2D eigenvalue weighted by Gasteiger charge is -2.11. The normalized spacial score (nSPS) is 10.4. The van der Waals surface area contributed by atoms with Crippen molar-refractivity contribution in [2.45, 2.75) is 19.6 Å². The van der Waals surface area contributed by atoms with Crippen molar-refractivity contribution < 1.29 is 4.79 Å². The molecule has 3 N–H and O–H groups in total. The molecule has 0 heterocycles. The average Bonchev–Trinajstić information content (AvgIpc) is 2.43. The predicted octanol–water partition coefficient (Wildman–Crippen LogP) is 3.76. The molecule has 110 valence electrons. The number of aryl methyl sites for hydroxylation is 2. The molecule has 0 saturated heterocycles. The minimum absolute atomic E-state index is 0.0198. The van der Waals surface area contributed by atoms with Gasteiger partial charge in [0.1, 0.15) is 0 Å². The molecule has 4 heteroatoms. The third-order valence-electron chi connectivity index (χ3n) is 3.15. The fraction of sp³-hybridized carbons (Fsp3) is 0.235. The zero-order valence-corrected chi connectivity index (χ0v) is 13.2. The molecule has 0 spiro atoms. The Morgan fingerprint density at radius 2 is 1.95 bits per heavy atom. The van der Waals surface area contributed by atoms with Crippen LogP contribution in [0.5, 0.6) is 0 Å². The fourth-order valence-corrected chi connectivity index (χ4v) is 2.88. The van der Waals surface area contributed by atoms with E-state index in [0.29, 0.717) is 11.4 Å². The van der Waals surface area contributed by atoms with Gasteiger partial charge in [-0.1, -0.05) is 42.0 Å². The molecule has 3 nitrogen and oxygen atoms in total. The van der Waals surface area contributed by atoms with Crippen LogP contribution in [0.2, 0.25) is 0 Å². The second kappa shape index (κ2) is 7.18. The Balaban J connectivity index is 1.85. The van der Waals surface area contributed by atoms with Crippen LogP contribution >= 0.6 is 11.8 Å². The molecule has 0 saturated carbocycles. The van der Waals surface area contributed by atoms with Crippen molar-refractivity contribution >= 4 is 29.0 Å². The molecule has 0 radical (unpaired) electrons. The van der Waals surface area contributed by atoms with Gasteiger partial charge in [-0.15, -0.1) is 11.8 Å². The van der Waals surface area contributed by atoms with Gasteiger partial charge in [0.05, 0.1) is 17.1 Å². The van der Waals surface area contributed by atoms with Crippen LogP contribution in [0.3, 0.4) is 0 Å². The van der Waals surface area contributed by atoms with E-state index >= 15 is 0 Å². The molecular formula is C17H20N2OS. The van der Waals surface area contributed by atoms with E-state index < -0.39 is 0 Å². The van der Waals surface area contributed by atoms with E-state index in [4.69, 9.17) is 5.73 Å². The number of nitrogens with one attached hydrogen (secondary N) is 1. The average molecular weight is 300 g/mol. The lowest BCUT2D eigenvalue weighted by atomic mass is 10.1. The lowest BCUT2D eigenvalue weighted by Crippen LogP contribution is -2.16. The van der Waals surface area contributed by atoms with Gasteiger partial charge in [-0.2, -0.15) is 0 Å². The summed E-state index contributed by atoms with van der Waals surface area (Å²) in [6, 6.07) is 13.9. The number of nitrogens with two attached hydrogens (primary N) is 1. The molecule has 2 aromatic carbocycles. The molecule has 0 atom stereocenters. The largest absolute Gasteiger partial charge is 0.397 e. The number of benzene rings is 2. The van der Waals surface area contributed by atoms with Crippen LogP contribution in [-0.2, 0) is 10.5 Å². The summed E-state index contributed by atoms with van der Waals surface area (Å²) < 4.78 is 0. The topological polar surface area (TPSA) is 55.1 Å². The maximum Gasteiger partial charge on any atom is 0.234 e. The summed E-state index contributed by atoms with van der Waals surface area (Å²) in [6.45, 7) is 4.01. The number of hydrogen-bond donors (Lipinski definition) is 2. The Hall–Kier alpha value is -1.94. The molecule has 0 unspecified atom stereocenters. The number of hydrogen-bond acceptors (Lipinski definition) is 3. The predicted molar refractivity (Wildman–Crippen MR) is 91.6 cm³/mol. The van der Waals surface area contributed by atoms with E-state index in [1.807, 2.05) is 25.1 Å². The highest BCUT2D eigenvalue weighted by Gasteiger charge is 2.07. The van der Waals surface area contributed by atoms with Crippen LogP contribution in [0, 0.1) is 13.8 Å². The van der Waals surface area contributed by atoms with Crippen molar-refractivity contribution in [3.05, 3.63) is 59.2 Å². The van der Waals surface area contributed by atoms with Gasteiger partial charge in [0, 0.05) is 5.75 Å². The molecule has 1 amide bonds. The van der Waals surface area contributed by atoms with Gasteiger partial charge in [-0.3, -0.25) is 4.79 Å². The van der Waals surface area contributed by atoms with Gasteiger partial charge in [0.2, 0.25) is 5.91 Å². The first-order valence-corrected chi connectivity index (χ1v) is 8.00. The number of nitrogen functional groups attached to an aromatic ring is 1. The van der Waals surface area contributed by atoms with E-state index in [0.717, 1.165) is 17.0 Å². The van der Waals surface area contributed by atoms with Gasteiger partial charge >= 0.3 is 0 Å². The van der Waals surface area contributed by atoms with Crippen molar-refractivity contribution in [2.24, 2.45) is 0 Å². The second-order valence-electron chi connectivity index (χ2n) is 5.07. The van der Waals surface area contributed by atoms with E-state index in [1.165, 1.54) is 11.1 Å². The first-order chi connectivity index (χ1) is 10.1. The number of para-hydroxylation sites is 1. The molecule has 0 aliphatic carbocycles. The van der Waals surface area contributed by atoms with Crippen LogP contribution in [0.1, 0.15) is 16.7 Å². The first kappa shape index (κ1) is 15.4. The Morgan fingerprint density at radius 1 is 1.19 bits per heavy atom. The maximum absolute atomic E-state index is 12.0. The second-order valence-corrected chi connectivity index (χ2v) is 6.05. The molecule has 0 aliphatic heterocycles. The van der Waals surface area contributed by atoms with Crippen molar-refractivity contribution in [1.29, 1.82) is 0 Å². The number of carbonyl (C=O) groups excluding carboxylic acids is 1. The summed E-state index contributed by atoms with van der Waals surface area (Å²) in [4.78, 5) is 12.0. The van der Waals surface area contributed by atoms with Gasteiger partial charge in [0.15, 0.2) is 0 Å². The van der Waals surface area contributed by atoms with Crippen molar-refractivity contribution in [3.63, 3.8) is 0 Å². The number of rotatable bonds is 5. The Kier molecular flexibility index (Phi) is 5.28. The Labute approximate surface area is 129 Å². The van der Waals surface area contributed by atoms with Crippen LogP contribution in [0.25, 0.3) is 0 Å². The van der Waals surface area contributed by atoms with Crippen LogP contribution in [0.15, 0.2) is 42.5 Å². The van der Waals surface area contributed by atoms with Crippen LogP contribution in [-0.4, -0.2) is 11.7 Å². The highest BCUT2D eigenvalue weighted by molar-refractivity contribution is 7.99. The van der Waals surface area contributed by atoms with Gasteiger partial charge < -0.3 is 11.1 Å². The Morgan fingerprint density at radius 3 is 2.67 bits per heavy atom. The highest BCUT2D eigenvalue weighted by Crippen LogP contribution is 2.23. The molecule has 21 heavy (non-hydrogen) atoms.